The molecule has 0 fully saturated rings. The van der Waals surface area contributed by atoms with E-state index in [0.29, 0.717) is 23.3 Å². The number of carbonyl (C=O) groups excluding carboxylic acids is 1. The minimum absolute atomic E-state index is 0.0620. The Balaban J connectivity index is 1.39. The number of hydrogen-bond acceptors (Lipinski definition) is 8. The van der Waals surface area contributed by atoms with Gasteiger partial charge in [0.15, 0.2) is 5.60 Å². The first kappa shape index (κ1) is 26.4. The fourth-order valence-corrected chi connectivity index (χ4v) is 6.24. The van der Waals surface area contributed by atoms with Gasteiger partial charge in [0.05, 0.1) is 35.6 Å². The van der Waals surface area contributed by atoms with Crippen molar-refractivity contribution in [3.63, 3.8) is 0 Å². The lowest BCUT2D eigenvalue weighted by atomic mass is 9.86. The van der Waals surface area contributed by atoms with Crippen molar-refractivity contribution in [3.05, 3.63) is 92.8 Å². The summed E-state index contributed by atoms with van der Waals surface area (Å²) in [6.07, 6.45) is 0.654. The first-order chi connectivity index (χ1) is 19.1. The lowest BCUT2D eigenvalue weighted by Crippen LogP contribution is -2.44. The van der Waals surface area contributed by atoms with Crippen LogP contribution in [0.15, 0.2) is 59.4 Å². The summed E-state index contributed by atoms with van der Waals surface area (Å²) in [5.41, 5.74) is 2.46. The summed E-state index contributed by atoms with van der Waals surface area (Å²) in [6.45, 7) is 3.61. The van der Waals surface area contributed by atoms with Crippen LogP contribution in [0.25, 0.3) is 22.3 Å². The second-order valence-corrected chi connectivity index (χ2v) is 11.2. The van der Waals surface area contributed by atoms with Crippen LogP contribution in [0.3, 0.4) is 0 Å². The molecule has 206 valence electrons. The molecule has 10 nitrogen and oxygen atoms in total. The van der Waals surface area contributed by atoms with Gasteiger partial charge >= 0.3 is 13.8 Å². The molecule has 0 radical (unpaired) electrons. The summed E-state index contributed by atoms with van der Waals surface area (Å²) in [5.74, 6) is -0.623. The number of aryl methyl sites for hydroxylation is 1. The van der Waals surface area contributed by atoms with Gasteiger partial charge in [-0.2, -0.15) is 0 Å². The molecule has 0 saturated heterocycles. The molecule has 40 heavy (non-hydrogen) atoms. The van der Waals surface area contributed by atoms with Crippen molar-refractivity contribution < 1.29 is 33.1 Å². The number of phosphoric acid groups is 1. The number of esters is 1. The van der Waals surface area contributed by atoms with Gasteiger partial charge in [0.25, 0.3) is 5.56 Å². The highest BCUT2D eigenvalue weighted by molar-refractivity contribution is 7.47. The number of nitrogens with zero attached hydrogens (tertiary/aromatic N) is 2. The van der Waals surface area contributed by atoms with Crippen LogP contribution in [0, 0.1) is 0 Å². The smallest absolute Gasteiger partial charge is 0.458 e. The summed E-state index contributed by atoms with van der Waals surface area (Å²) >= 11 is 0. The maximum Gasteiger partial charge on any atom is 0.527 e. The number of pyridine rings is 2. The molecule has 6 rings (SSSR count). The Hall–Kier alpha value is -3.82. The lowest BCUT2D eigenvalue weighted by Gasteiger charge is -2.31. The number of rotatable bonds is 7. The zero-order valence-electron chi connectivity index (χ0n) is 21.9. The van der Waals surface area contributed by atoms with E-state index in [0.717, 1.165) is 22.1 Å². The normalized spacial score (nSPS) is 18.9. The van der Waals surface area contributed by atoms with Crippen molar-refractivity contribution in [1.82, 2.24) is 9.55 Å². The van der Waals surface area contributed by atoms with Crippen LogP contribution >= 0.6 is 7.82 Å². The molecule has 1 unspecified atom stereocenters. The van der Waals surface area contributed by atoms with Crippen molar-refractivity contribution in [2.75, 3.05) is 0 Å². The zero-order chi connectivity index (χ0) is 28.2. The molecule has 2 aromatic heterocycles. The number of phosphoric ester groups is 1. The third kappa shape index (κ3) is 4.24. The highest BCUT2D eigenvalue weighted by Crippen LogP contribution is 2.46. The van der Waals surface area contributed by atoms with E-state index in [1.807, 2.05) is 25.1 Å². The van der Waals surface area contributed by atoms with Gasteiger partial charge in [-0.1, -0.05) is 44.2 Å². The highest BCUT2D eigenvalue weighted by atomic mass is 31.2. The lowest BCUT2D eigenvalue weighted by molar-refractivity contribution is -0.172. The quantitative estimate of drug-likeness (QED) is 0.219. The van der Waals surface area contributed by atoms with Gasteiger partial charge in [-0.25, -0.2) is 14.3 Å². The number of aliphatic hydroxyl groups is 1. The molecular weight excluding hydrogens is 535 g/mol. The van der Waals surface area contributed by atoms with E-state index in [-0.39, 0.29) is 48.6 Å². The number of benzene rings is 2. The van der Waals surface area contributed by atoms with Crippen LogP contribution in [-0.2, 0) is 50.4 Å². The zero-order valence-corrected chi connectivity index (χ0v) is 22.8. The average Bonchev–Trinajstić information content (AvgIpc) is 3.32. The average molecular weight is 563 g/mol. The number of aromatic nitrogens is 2. The Morgan fingerprint density at radius 2 is 1.88 bits per heavy atom. The van der Waals surface area contributed by atoms with E-state index in [4.69, 9.17) is 18.8 Å². The van der Waals surface area contributed by atoms with Crippen LogP contribution in [0.1, 0.15) is 48.1 Å². The molecule has 0 amide bonds. The SMILES string of the molecule is CCc1c2c(nc3ccc(OP(=O)(O)OCc4ccccc4)cc13)-c1cc3c(c(=O)n1C2)COC(=O)[C@]3(O)CC. The maximum absolute atomic E-state index is 13.5. The summed E-state index contributed by atoms with van der Waals surface area (Å²) in [7, 11) is -4.41. The molecule has 0 bridgehead atoms. The van der Waals surface area contributed by atoms with E-state index >= 15 is 0 Å². The van der Waals surface area contributed by atoms with E-state index < -0.39 is 19.4 Å². The molecule has 2 aliphatic rings. The molecular formula is C29H27N2O8P. The van der Waals surface area contributed by atoms with Gasteiger partial charge in [0, 0.05) is 16.5 Å². The molecule has 4 aromatic rings. The Labute approximate surface area is 229 Å². The Bertz CT molecular complexity index is 1790. The number of cyclic esters (lactones) is 1. The number of carbonyl (C=O) groups is 1. The van der Waals surface area contributed by atoms with Crippen LogP contribution in [0.5, 0.6) is 5.75 Å². The van der Waals surface area contributed by atoms with Crippen molar-refractivity contribution in [2.45, 2.75) is 52.0 Å². The largest absolute Gasteiger partial charge is 0.527 e. The highest BCUT2D eigenvalue weighted by Gasteiger charge is 2.45. The molecule has 2 N–H and O–H groups in total. The van der Waals surface area contributed by atoms with Gasteiger partial charge < -0.3 is 18.9 Å². The molecule has 2 aromatic carbocycles. The summed E-state index contributed by atoms with van der Waals surface area (Å²) < 4.78 is 29.9. The number of ether oxygens (including phenoxy) is 1. The first-order valence-corrected chi connectivity index (χ1v) is 14.5. The molecule has 2 aliphatic heterocycles. The fourth-order valence-electron chi connectivity index (χ4n) is 5.49. The minimum atomic E-state index is -4.41. The van der Waals surface area contributed by atoms with Gasteiger partial charge in [-0.3, -0.25) is 14.2 Å². The Morgan fingerprint density at radius 3 is 2.60 bits per heavy atom. The molecule has 0 spiro atoms. The number of fused-ring (bicyclic) bond motifs is 5. The minimum Gasteiger partial charge on any atom is -0.458 e. The van der Waals surface area contributed by atoms with Crippen LogP contribution in [-0.4, -0.2) is 25.5 Å². The summed E-state index contributed by atoms with van der Waals surface area (Å²) in [5, 5.41) is 11.8. The van der Waals surface area contributed by atoms with Gasteiger partial charge in [-0.05, 0) is 48.2 Å². The van der Waals surface area contributed by atoms with E-state index in [1.165, 1.54) is 6.07 Å². The van der Waals surface area contributed by atoms with E-state index in [9.17, 15) is 24.2 Å². The second-order valence-electron chi connectivity index (χ2n) is 9.87. The first-order valence-electron chi connectivity index (χ1n) is 13.0. The predicted octanol–water partition coefficient (Wildman–Crippen LogP) is 4.34. The van der Waals surface area contributed by atoms with Crippen molar-refractivity contribution in [2.24, 2.45) is 0 Å². The topological polar surface area (TPSA) is 137 Å². The van der Waals surface area contributed by atoms with Gasteiger partial charge in [0.2, 0.25) is 0 Å². The standard InChI is InChI=1S/C29H27N2O8P/c1-3-19-20-12-18(39-40(35,36)38-15-17-8-6-5-7-9-17)10-11-24(20)30-26-21(19)14-31-25(26)13-23-22(27(31)32)16-37-28(33)29(23,34)4-2/h5-13,34H,3-4,14-16H2,1-2H3,(H,35,36)/t29-/m0/s1. The van der Waals surface area contributed by atoms with Gasteiger partial charge in [0.1, 0.15) is 12.4 Å². The summed E-state index contributed by atoms with van der Waals surface area (Å²) in [4.78, 5) is 41.1. The third-order valence-corrected chi connectivity index (χ3v) is 8.49. The monoisotopic (exact) mass is 562 g/mol. The van der Waals surface area contributed by atoms with Crippen LogP contribution < -0.4 is 10.1 Å². The van der Waals surface area contributed by atoms with Crippen molar-refractivity contribution in [1.29, 1.82) is 0 Å². The van der Waals surface area contributed by atoms with E-state index in [1.54, 1.807) is 41.8 Å². The van der Waals surface area contributed by atoms with Crippen molar-refractivity contribution in [3.8, 4) is 17.1 Å². The predicted molar refractivity (Wildman–Crippen MR) is 146 cm³/mol. The fraction of sp³-hybridized carbons (Fsp3) is 0.276. The van der Waals surface area contributed by atoms with E-state index in [2.05, 4.69) is 0 Å². The van der Waals surface area contributed by atoms with Gasteiger partial charge in [-0.15, -0.1) is 0 Å². The molecule has 0 saturated carbocycles. The Morgan fingerprint density at radius 1 is 1.10 bits per heavy atom. The van der Waals surface area contributed by atoms with Crippen LogP contribution in [0.2, 0.25) is 0 Å². The van der Waals surface area contributed by atoms with Crippen molar-refractivity contribution >= 4 is 24.7 Å². The summed E-state index contributed by atoms with van der Waals surface area (Å²) in [6, 6.07) is 15.6. The Kier molecular flexibility index (Phi) is 6.39. The maximum atomic E-state index is 13.5. The molecule has 2 atom stereocenters. The molecule has 11 heteroatoms. The van der Waals surface area contributed by atoms with Crippen LogP contribution in [0.4, 0.5) is 0 Å². The molecule has 4 heterocycles. The second kappa shape index (κ2) is 9.67. The third-order valence-electron chi connectivity index (χ3n) is 7.59. The molecule has 0 aliphatic carbocycles. The number of hydrogen-bond donors (Lipinski definition) is 2.